The Morgan fingerprint density at radius 1 is 1.28 bits per heavy atom. The highest BCUT2D eigenvalue weighted by atomic mass is 16.6. The third-order valence-corrected chi connectivity index (χ3v) is 4.01. The summed E-state index contributed by atoms with van der Waals surface area (Å²) < 4.78 is 0. The van der Waals surface area contributed by atoms with Gasteiger partial charge in [-0.1, -0.05) is 0 Å². The number of aromatic nitrogens is 1. The first kappa shape index (κ1) is 16.8. The Labute approximate surface area is 145 Å². The van der Waals surface area contributed by atoms with Crippen molar-refractivity contribution in [1.29, 1.82) is 0 Å². The van der Waals surface area contributed by atoms with Gasteiger partial charge in [-0.2, -0.15) is 0 Å². The number of anilines is 2. The summed E-state index contributed by atoms with van der Waals surface area (Å²) in [6, 6.07) is 7.94. The zero-order valence-corrected chi connectivity index (χ0v) is 13.9. The van der Waals surface area contributed by atoms with Crippen molar-refractivity contribution in [2.75, 3.05) is 36.4 Å². The monoisotopic (exact) mass is 341 g/mol. The molecule has 8 heteroatoms. The molecule has 1 saturated heterocycles. The van der Waals surface area contributed by atoms with Crippen LogP contribution in [-0.4, -0.2) is 42.0 Å². The van der Waals surface area contributed by atoms with E-state index < -0.39 is 10.8 Å². The molecule has 0 aliphatic carbocycles. The summed E-state index contributed by atoms with van der Waals surface area (Å²) >= 11 is 0. The van der Waals surface area contributed by atoms with Gasteiger partial charge in [-0.3, -0.25) is 14.9 Å². The molecule has 8 nitrogen and oxygen atoms in total. The average molecular weight is 341 g/mol. The van der Waals surface area contributed by atoms with Crippen molar-refractivity contribution in [3.8, 4) is 0 Å². The highest BCUT2D eigenvalue weighted by Gasteiger charge is 2.15. The first-order valence-corrected chi connectivity index (χ1v) is 8.02. The van der Waals surface area contributed by atoms with Crippen LogP contribution in [0.15, 0.2) is 36.5 Å². The van der Waals surface area contributed by atoms with E-state index in [1.807, 2.05) is 6.07 Å². The molecule has 25 heavy (non-hydrogen) atoms. The number of carbonyl (C=O) groups is 1. The predicted molar refractivity (Wildman–Crippen MR) is 95.1 cm³/mol. The van der Waals surface area contributed by atoms with Gasteiger partial charge in [-0.05, 0) is 30.7 Å². The molecule has 2 aromatic rings. The van der Waals surface area contributed by atoms with Crippen LogP contribution in [0.5, 0.6) is 0 Å². The number of piperazine rings is 1. The number of nitrogens with zero attached hydrogens (tertiary/aromatic N) is 3. The number of non-ortho nitro benzene ring substituents is 1. The first-order valence-electron chi connectivity index (χ1n) is 8.02. The fraction of sp³-hybridized carbons (Fsp3) is 0.294. The molecule has 0 saturated carbocycles. The highest BCUT2D eigenvalue weighted by molar-refractivity contribution is 6.04. The molecule has 0 unspecified atom stereocenters. The summed E-state index contributed by atoms with van der Waals surface area (Å²) in [6.07, 6.45) is 1.72. The topological polar surface area (TPSA) is 100 Å². The maximum absolute atomic E-state index is 12.3. The number of carbonyl (C=O) groups excluding carboxylic acids is 1. The molecular formula is C17H19N5O3. The molecule has 1 aromatic heterocycles. The molecule has 0 radical (unpaired) electrons. The summed E-state index contributed by atoms with van der Waals surface area (Å²) in [4.78, 5) is 29.2. The summed E-state index contributed by atoms with van der Waals surface area (Å²) in [5, 5.41) is 16.9. The van der Waals surface area contributed by atoms with Gasteiger partial charge < -0.3 is 15.5 Å². The van der Waals surface area contributed by atoms with E-state index in [4.69, 9.17) is 0 Å². The molecule has 1 aromatic carbocycles. The summed E-state index contributed by atoms with van der Waals surface area (Å²) in [7, 11) is 0. The molecule has 1 aliphatic rings. The molecule has 1 aliphatic heterocycles. The van der Waals surface area contributed by atoms with Gasteiger partial charge >= 0.3 is 0 Å². The maximum atomic E-state index is 12.3. The Hall–Kier alpha value is -3.00. The van der Waals surface area contributed by atoms with Crippen molar-refractivity contribution >= 4 is 23.1 Å². The number of pyridine rings is 1. The van der Waals surface area contributed by atoms with Crippen LogP contribution in [0, 0.1) is 17.0 Å². The Bertz CT molecular complexity index is 785. The van der Waals surface area contributed by atoms with E-state index >= 15 is 0 Å². The minimum Gasteiger partial charge on any atom is -0.368 e. The second-order valence-electron chi connectivity index (χ2n) is 5.91. The van der Waals surface area contributed by atoms with E-state index in [0.717, 1.165) is 31.9 Å². The van der Waals surface area contributed by atoms with Crippen molar-refractivity contribution in [1.82, 2.24) is 10.3 Å². The number of benzene rings is 1. The van der Waals surface area contributed by atoms with Crippen LogP contribution in [0.3, 0.4) is 0 Å². The zero-order chi connectivity index (χ0) is 17.8. The molecule has 1 fully saturated rings. The van der Waals surface area contributed by atoms with Gasteiger partial charge in [-0.15, -0.1) is 0 Å². The molecule has 3 rings (SSSR count). The smallest absolute Gasteiger partial charge is 0.270 e. The first-order chi connectivity index (χ1) is 12.0. The number of rotatable bonds is 4. The SMILES string of the molecule is Cc1cc(C(=O)Nc2ccc(N3CCNCC3)cn2)cc([N+](=O)[O-])c1. The molecule has 2 heterocycles. The number of hydrogen-bond donors (Lipinski definition) is 2. The summed E-state index contributed by atoms with van der Waals surface area (Å²) in [5.41, 5.74) is 1.79. The van der Waals surface area contributed by atoms with E-state index in [2.05, 4.69) is 20.5 Å². The van der Waals surface area contributed by atoms with Crippen LogP contribution < -0.4 is 15.5 Å². The number of nitrogens with one attached hydrogen (secondary N) is 2. The molecular weight excluding hydrogens is 322 g/mol. The van der Waals surface area contributed by atoms with Gasteiger partial charge in [0.15, 0.2) is 0 Å². The number of nitro benzene ring substituents is 1. The van der Waals surface area contributed by atoms with Crippen LogP contribution in [0.4, 0.5) is 17.2 Å². The normalized spacial score (nSPS) is 14.2. The van der Waals surface area contributed by atoms with Gasteiger partial charge in [0.25, 0.3) is 11.6 Å². The second kappa shape index (κ2) is 7.27. The Morgan fingerprint density at radius 2 is 2.04 bits per heavy atom. The standard InChI is InChI=1S/C17H19N5O3/c1-12-8-13(10-15(9-12)22(24)25)17(23)20-16-3-2-14(11-19-16)21-6-4-18-5-7-21/h2-3,8-11,18H,4-7H2,1H3,(H,19,20,23). The Kier molecular flexibility index (Phi) is 4.90. The predicted octanol–water partition coefficient (Wildman–Crippen LogP) is 1.96. The number of aryl methyl sites for hydroxylation is 1. The lowest BCUT2D eigenvalue weighted by Crippen LogP contribution is -2.43. The fourth-order valence-corrected chi connectivity index (χ4v) is 2.76. The summed E-state index contributed by atoms with van der Waals surface area (Å²) in [5.74, 6) is -0.0118. The number of hydrogen-bond acceptors (Lipinski definition) is 6. The van der Waals surface area contributed by atoms with Crippen molar-refractivity contribution in [2.24, 2.45) is 0 Å². The Balaban J connectivity index is 1.71. The van der Waals surface area contributed by atoms with E-state index in [1.54, 1.807) is 25.3 Å². The van der Waals surface area contributed by atoms with Crippen LogP contribution in [0.25, 0.3) is 0 Å². The average Bonchev–Trinajstić information content (AvgIpc) is 2.62. The molecule has 0 spiro atoms. The fourth-order valence-electron chi connectivity index (χ4n) is 2.76. The van der Waals surface area contributed by atoms with Crippen LogP contribution in [0.2, 0.25) is 0 Å². The third kappa shape index (κ3) is 4.10. The quantitative estimate of drug-likeness (QED) is 0.651. The van der Waals surface area contributed by atoms with Gasteiger partial charge in [0.1, 0.15) is 5.82 Å². The summed E-state index contributed by atoms with van der Waals surface area (Å²) in [6.45, 7) is 5.42. The van der Waals surface area contributed by atoms with Gasteiger partial charge in [0, 0.05) is 43.9 Å². The largest absolute Gasteiger partial charge is 0.368 e. The number of amides is 1. The lowest BCUT2D eigenvalue weighted by Gasteiger charge is -2.29. The van der Waals surface area contributed by atoms with Crippen LogP contribution in [0.1, 0.15) is 15.9 Å². The molecule has 1 amide bonds. The van der Waals surface area contributed by atoms with E-state index in [9.17, 15) is 14.9 Å². The van der Waals surface area contributed by atoms with E-state index in [1.165, 1.54) is 12.1 Å². The molecule has 0 atom stereocenters. The second-order valence-corrected chi connectivity index (χ2v) is 5.91. The maximum Gasteiger partial charge on any atom is 0.270 e. The van der Waals surface area contributed by atoms with Crippen molar-refractivity contribution in [2.45, 2.75) is 6.92 Å². The minimum absolute atomic E-state index is 0.104. The Morgan fingerprint density at radius 3 is 2.68 bits per heavy atom. The van der Waals surface area contributed by atoms with Crippen LogP contribution >= 0.6 is 0 Å². The molecule has 130 valence electrons. The van der Waals surface area contributed by atoms with Crippen molar-refractivity contribution in [3.63, 3.8) is 0 Å². The van der Waals surface area contributed by atoms with E-state index in [0.29, 0.717) is 11.4 Å². The lowest BCUT2D eigenvalue weighted by molar-refractivity contribution is -0.384. The zero-order valence-electron chi connectivity index (χ0n) is 13.9. The van der Waals surface area contributed by atoms with Gasteiger partial charge in [0.2, 0.25) is 0 Å². The van der Waals surface area contributed by atoms with Gasteiger partial charge in [0.05, 0.1) is 16.8 Å². The van der Waals surface area contributed by atoms with Crippen molar-refractivity contribution < 1.29 is 9.72 Å². The van der Waals surface area contributed by atoms with Crippen LogP contribution in [-0.2, 0) is 0 Å². The van der Waals surface area contributed by atoms with Gasteiger partial charge in [-0.25, -0.2) is 4.98 Å². The highest BCUT2D eigenvalue weighted by Crippen LogP contribution is 2.19. The number of nitro groups is 1. The van der Waals surface area contributed by atoms with E-state index in [-0.39, 0.29) is 11.3 Å². The molecule has 2 N–H and O–H groups in total. The minimum atomic E-state index is -0.510. The third-order valence-electron chi connectivity index (χ3n) is 4.01. The molecule has 0 bridgehead atoms. The lowest BCUT2D eigenvalue weighted by atomic mass is 10.1. The van der Waals surface area contributed by atoms with Crippen molar-refractivity contribution in [3.05, 3.63) is 57.8 Å².